The van der Waals surface area contributed by atoms with E-state index in [4.69, 9.17) is 0 Å². The summed E-state index contributed by atoms with van der Waals surface area (Å²) in [4.78, 5) is 0. The third-order valence-electron chi connectivity index (χ3n) is 5.20. The smallest absolute Gasteiger partial charge is 0.0862 e. The predicted octanol–water partition coefficient (Wildman–Crippen LogP) is 3.96. The molecule has 0 atom stereocenters. The van der Waals surface area contributed by atoms with Crippen LogP contribution in [0.5, 0.6) is 0 Å². The summed E-state index contributed by atoms with van der Waals surface area (Å²) in [5.41, 5.74) is 4.20. The number of rotatable bonds is 3. The molecule has 3 rings (SSSR count). The molecule has 0 spiro atoms. The van der Waals surface area contributed by atoms with Crippen molar-refractivity contribution in [2.75, 3.05) is 0 Å². The lowest BCUT2D eigenvalue weighted by Gasteiger charge is -2.54. The van der Waals surface area contributed by atoms with Gasteiger partial charge < -0.3 is 0 Å². The summed E-state index contributed by atoms with van der Waals surface area (Å²) in [5.74, 6) is 0. The molecule has 0 aliphatic heterocycles. The van der Waals surface area contributed by atoms with Crippen LogP contribution in [-0.2, 0) is 0 Å². The van der Waals surface area contributed by atoms with Crippen LogP contribution < -0.4 is 16.4 Å². The second kappa shape index (κ2) is 6.08. The van der Waals surface area contributed by atoms with Gasteiger partial charge in [0.1, 0.15) is 0 Å². The van der Waals surface area contributed by atoms with Gasteiger partial charge >= 0.3 is 0 Å². The van der Waals surface area contributed by atoms with Crippen molar-refractivity contribution in [1.29, 1.82) is 0 Å². The molecule has 0 saturated heterocycles. The largest absolute Gasteiger partial charge is 0.199 e. The summed E-state index contributed by atoms with van der Waals surface area (Å²) in [6, 6.07) is 32.9. The average Bonchev–Trinajstić information content (AvgIpc) is 2.57. The Morgan fingerprint density at radius 2 is 0.739 bits per heavy atom. The van der Waals surface area contributed by atoms with Crippen molar-refractivity contribution in [3.8, 4) is 0 Å². The Bertz CT molecular complexity index is 644. The van der Waals surface area contributed by atoms with Crippen molar-refractivity contribution < 1.29 is 0 Å². The van der Waals surface area contributed by atoms with Gasteiger partial charge in [0.05, 0.1) is 6.15 Å². The van der Waals surface area contributed by atoms with Gasteiger partial charge in [-0.2, -0.15) is 16.4 Å². The van der Waals surface area contributed by atoms with E-state index in [1.54, 1.807) is 0 Å². The lowest BCUT2D eigenvalue weighted by Crippen LogP contribution is -2.72. The molecule has 0 unspecified atom stereocenters. The number of hydrogen-bond acceptors (Lipinski definition) is 0. The maximum Gasteiger partial charge on any atom is 0.0862 e. The van der Waals surface area contributed by atoms with E-state index in [1.807, 2.05) is 0 Å². The van der Waals surface area contributed by atoms with Gasteiger partial charge in [0.2, 0.25) is 0 Å². The molecule has 3 aromatic carbocycles. The summed E-state index contributed by atoms with van der Waals surface area (Å²) in [7, 11) is 0. The molecule has 0 fully saturated rings. The number of hydrogen-bond donors (Lipinski definition) is 0. The molecule has 0 N–H and O–H groups in total. The molecule has 0 nitrogen and oxygen atoms in total. The second-order valence-electron chi connectivity index (χ2n) is 7.46. The highest BCUT2D eigenvalue weighted by atomic mass is 14.2. The van der Waals surface area contributed by atoms with Gasteiger partial charge in [-0.05, 0) is 0 Å². The predicted molar refractivity (Wildman–Crippen MR) is 104 cm³/mol. The molecule has 0 amide bonds. The molecule has 0 saturated carbocycles. The van der Waals surface area contributed by atoms with Crippen LogP contribution in [0.2, 0.25) is 5.31 Å². The minimum absolute atomic E-state index is 0.0874. The Labute approximate surface area is 140 Å². The summed E-state index contributed by atoms with van der Waals surface area (Å²) < 4.78 is 0. The fourth-order valence-electron chi connectivity index (χ4n) is 4.30. The third kappa shape index (κ3) is 2.61. The van der Waals surface area contributed by atoms with Crippen molar-refractivity contribution in [1.82, 2.24) is 0 Å². The Morgan fingerprint density at radius 3 is 0.957 bits per heavy atom. The van der Waals surface area contributed by atoms with Gasteiger partial charge in [-0.1, -0.05) is 112 Å². The van der Waals surface area contributed by atoms with E-state index in [0.717, 1.165) is 0 Å². The first-order valence-corrected chi connectivity index (χ1v) is 8.39. The van der Waals surface area contributed by atoms with Crippen molar-refractivity contribution >= 4 is 22.5 Å². The fraction of sp³-hybridized carbons (Fsp3) is 0.182. The molecule has 0 aliphatic rings. The molecule has 0 aliphatic carbocycles. The molecule has 0 radical (unpaired) electrons. The highest BCUT2D eigenvalue weighted by molar-refractivity contribution is 7.13. The van der Waals surface area contributed by atoms with Crippen LogP contribution in [0.15, 0.2) is 91.0 Å². The van der Waals surface area contributed by atoms with Crippen LogP contribution in [0.1, 0.15) is 20.8 Å². The van der Waals surface area contributed by atoms with Crippen LogP contribution in [0.3, 0.4) is 0 Å². The van der Waals surface area contributed by atoms with Gasteiger partial charge in [-0.3, -0.25) is 0 Å². The van der Waals surface area contributed by atoms with Crippen molar-refractivity contribution in [3.63, 3.8) is 0 Å². The SMILES string of the molecule is CC(C)(C)[B-](c1ccccc1)(c1ccccc1)c1ccccc1. The molecule has 3 aromatic rings. The van der Waals surface area contributed by atoms with Gasteiger partial charge in [-0.15, -0.1) is 5.31 Å². The monoisotopic (exact) mass is 299 g/mol. The zero-order chi connectivity index (χ0) is 16.3. The number of benzene rings is 3. The second-order valence-corrected chi connectivity index (χ2v) is 7.46. The highest BCUT2D eigenvalue weighted by Crippen LogP contribution is 2.35. The minimum atomic E-state index is -1.06. The first-order chi connectivity index (χ1) is 11.1. The van der Waals surface area contributed by atoms with Crippen LogP contribution >= 0.6 is 0 Å². The summed E-state index contributed by atoms with van der Waals surface area (Å²) in [6.45, 7) is 7.08. The molecule has 0 aromatic heterocycles. The van der Waals surface area contributed by atoms with Gasteiger partial charge in [0.25, 0.3) is 0 Å². The van der Waals surface area contributed by atoms with Crippen molar-refractivity contribution in [2.24, 2.45) is 0 Å². The Hall–Kier alpha value is -2.28. The van der Waals surface area contributed by atoms with E-state index >= 15 is 0 Å². The molecular formula is C22H24B-. The third-order valence-corrected chi connectivity index (χ3v) is 5.20. The maximum absolute atomic E-state index is 2.36. The van der Waals surface area contributed by atoms with Crippen LogP contribution in [0, 0.1) is 0 Å². The zero-order valence-corrected chi connectivity index (χ0v) is 14.2. The van der Waals surface area contributed by atoms with Crippen LogP contribution in [-0.4, -0.2) is 6.15 Å². The summed E-state index contributed by atoms with van der Waals surface area (Å²) in [5, 5.41) is 0.0874. The normalized spacial score (nSPS) is 12.1. The lowest BCUT2D eigenvalue weighted by molar-refractivity contribution is 0.739. The first-order valence-electron chi connectivity index (χ1n) is 8.39. The Kier molecular flexibility index (Phi) is 4.13. The lowest BCUT2D eigenvalue weighted by atomic mass is 9.07. The molecule has 1 heteroatoms. The molecule has 0 bridgehead atoms. The van der Waals surface area contributed by atoms with Crippen molar-refractivity contribution in [2.45, 2.75) is 26.1 Å². The quantitative estimate of drug-likeness (QED) is 0.642. The van der Waals surface area contributed by atoms with Crippen molar-refractivity contribution in [3.05, 3.63) is 91.0 Å². The minimum Gasteiger partial charge on any atom is -0.199 e. The van der Waals surface area contributed by atoms with E-state index < -0.39 is 6.15 Å². The topological polar surface area (TPSA) is 0 Å². The van der Waals surface area contributed by atoms with E-state index in [0.29, 0.717) is 0 Å². The zero-order valence-electron chi connectivity index (χ0n) is 14.2. The first kappa shape index (κ1) is 15.6. The van der Waals surface area contributed by atoms with Gasteiger partial charge in [0.15, 0.2) is 0 Å². The molecule has 116 valence electrons. The molecule has 23 heavy (non-hydrogen) atoms. The highest BCUT2D eigenvalue weighted by Gasteiger charge is 2.39. The van der Waals surface area contributed by atoms with E-state index in [-0.39, 0.29) is 5.31 Å². The summed E-state index contributed by atoms with van der Waals surface area (Å²) >= 11 is 0. The van der Waals surface area contributed by atoms with Gasteiger partial charge in [-0.25, -0.2) is 0 Å². The maximum atomic E-state index is 2.36. The van der Waals surface area contributed by atoms with E-state index in [1.165, 1.54) is 16.4 Å². The standard InChI is InChI=1S/C22H24B/c1-22(2,3)23(19-13-7-4-8-14-19,20-15-9-5-10-16-20)21-17-11-6-12-18-21/h4-18H,1-3H3/q-1. The van der Waals surface area contributed by atoms with Crippen LogP contribution in [0.25, 0.3) is 0 Å². The Balaban J connectivity index is 2.41. The summed E-state index contributed by atoms with van der Waals surface area (Å²) in [6.07, 6.45) is -1.06. The fourth-order valence-corrected chi connectivity index (χ4v) is 4.30. The van der Waals surface area contributed by atoms with Gasteiger partial charge in [0, 0.05) is 0 Å². The van der Waals surface area contributed by atoms with E-state index in [2.05, 4.69) is 112 Å². The molecule has 0 heterocycles. The van der Waals surface area contributed by atoms with E-state index in [9.17, 15) is 0 Å². The molecular weight excluding hydrogens is 275 g/mol. The average molecular weight is 299 g/mol. The van der Waals surface area contributed by atoms with Crippen LogP contribution in [0.4, 0.5) is 0 Å². The Morgan fingerprint density at radius 1 is 0.478 bits per heavy atom.